The zero-order valence-electron chi connectivity index (χ0n) is 12.4. The summed E-state index contributed by atoms with van der Waals surface area (Å²) in [5, 5.41) is 2.87. The van der Waals surface area contributed by atoms with E-state index >= 15 is 0 Å². The molecule has 1 aromatic carbocycles. The predicted molar refractivity (Wildman–Crippen MR) is 90.4 cm³/mol. The van der Waals surface area contributed by atoms with Crippen molar-refractivity contribution in [2.75, 3.05) is 5.32 Å². The van der Waals surface area contributed by atoms with Crippen molar-refractivity contribution in [2.45, 2.75) is 30.0 Å². The predicted octanol–water partition coefficient (Wildman–Crippen LogP) is 5.27. The summed E-state index contributed by atoms with van der Waals surface area (Å²) < 4.78 is 12.9. The van der Waals surface area contributed by atoms with Gasteiger partial charge in [0.25, 0.3) is 0 Å². The number of halogens is 4. The SMILES string of the molecule is O=C(Nc1ccc(Cl)c(F)c1)C1[C@@H]2CC[C@@H]3[C@H](CC[C@@H]12)C3(Cl)Cl. The smallest absolute Gasteiger partial charge is 0.228 e. The fraction of sp³-hybridized carbons (Fsp3) is 0.588. The summed E-state index contributed by atoms with van der Waals surface area (Å²) in [6.07, 6.45) is 4.00. The zero-order valence-corrected chi connectivity index (χ0v) is 14.6. The van der Waals surface area contributed by atoms with E-state index in [4.69, 9.17) is 34.8 Å². The van der Waals surface area contributed by atoms with Crippen molar-refractivity contribution in [3.05, 3.63) is 29.0 Å². The Hall–Kier alpha value is -0.510. The lowest BCUT2D eigenvalue weighted by Crippen LogP contribution is -2.16. The normalized spacial score (nSPS) is 37.0. The number of carbonyl (C=O) groups excluding carboxylic acids is 1. The third-order valence-electron chi connectivity index (χ3n) is 5.81. The van der Waals surface area contributed by atoms with Crippen LogP contribution in [0, 0.1) is 35.4 Å². The van der Waals surface area contributed by atoms with Crippen molar-refractivity contribution >= 4 is 46.4 Å². The maximum atomic E-state index is 13.5. The standard InChI is InChI=1S/C17H17Cl3FNO/c18-13-6-1-8(7-14(13)21)22-16(23)15-9-2-4-11-12(17(11,19)20)5-3-10(9)15/h1,6-7,9-12,15H,2-5H2,(H,22,23)/t9-,10-,11-,12+,15?/m1/s1. The lowest BCUT2D eigenvalue weighted by atomic mass is 10.0. The summed E-state index contributed by atoms with van der Waals surface area (Å²) in [4.78, 5) is 12.5. The van der Waals surface area contributed by atoms with Crippen LogP contribution in [0.4, 0.5) is 10.1 Å². The van der Waals surface area contributed by atoms with Gasteiger partial charge in [-0.2, -0.15) is 0 Å². The first-order chi connectivity index (χ1) is 10.9. The van der Waals surface area contributed by atoms with Crippen LogP contribution < -0.4 is 5.32 Å². The molecule has 0 spiro atoms. The molecule has 0 radical (unpaired) electrons. The Bertz CT molecular complexity index is 643. The maximum absolute atomic E-state index is 13.5. The highest BCUT2D eigenvalue weighted by Gasteiger charge is 2.65. The van der Waals surface area contributed by atoms with E-state index in [0.29, 0.717) is 29.4 Å². The largest absolute Gasteiger partial charge is 0.326 e. The fourth-order valence-corrected chi connectivity index (χ4v) is 5.45. The third-order valence-corrected chi connectivity index (χ3v) is 7.24. The number of amides is 1. The number of fused-ring (bicyclic) bond motifs is 2. The average Bonchev–Trinajstić information content (AvgIpc) is 3.27. The van der Waals surface area contributed by atoms with Gasteiger partial charge in [0.1, 0.15) is 10.2 Å². The zero-order chi connectivity index (χ0) is 16.4. The molecule has 0 bridgehead atoms. The van der Waals surface area contributed by atoms with E-state index in [0.717, 1.165) is 25.7 Å². The molecule has 3 aliphatic carbocycles. The molecule has 2 nitrogen and oxygen atoms in total. The van der Waals surface area contributed by atoms with Gasteiger partial charge in [0, 0.05) is 11.6 Å². The second kappa shape index (κ2) is 5.50. The van der Waals surface area contributed by atoms with Crippen LogP contribution in [0.5, 0.6) is 0 Å². The lowest BCUT2D eigenvalue weighted by Gasteiger charge is -2.06. The third kappa shape index (κ3) is 2.75. The Morgan fingerprint density at radius 2 is 1.74 bits per heavy atom. The molecule has 1 N–H and O–H groups in total. The molecule has 3 saturated carbocycles. The second-order valence-corrected chi connectivity index (χ2v) is 8.87. The Morgan fingerprint density at radius 1 is 1.13 bits per heavy atom. The minimum absolute atomic E-state index is 0.0136. The van der Waals surface area contributed by atoms with Gasteiger partial charge in [-0.1, -0.05) is 11.6 Å². The summed E-state index contributed by atoms with van der Waals surface area (Å²) in [5.41, 5.74) is 0.458. The van der Waals surface area contributed by atoms with Crippen LogP contribution in [0.3, 0.4) is 0 Å². The Labute approximate surface area is 149 Å². The molecule has 124 valence electrons. The number of hydrogen-bond donors (Lipinski definition) is 1. The Balaban J connectivity index is 1.38. The van der Waals surface area contributed by atoms with Crippen LogP contribution >= 0.6 is 34.8 Å². The van der Waals surface area contributed by atoms with Crippen molar-refractivity contribution < 1.29 is 9.18 Å². The van der Waals surface area contributed by atoms with Gasteiger partial charge in [-0.25, -0.2) is 4.39 Å². The summed E-state index contributed by atoms with van der Waals surface area (Å²) in [7, 11) is 0. The molecule has 3 aliphatic rings. The number of benzene rings is 1. The molecule has 0 heterocycles. The van der Waals surface area contributed by atoms with E-state index in [2.05, 4.69) is 5.32 Å². The second-order valence-electron chi connectivity index (χ2n) is 7.01. The summed E-state index contributed by atoms with van der Waals surface area (Å²) in [6.45, 7) is 0. The molecule has 1 unspecified atom stereocenters. The van der Waals surface area contributed by atoms with Crippen LogP contribution in [-0.2, 0) is 4.79 Å². The molecule has 1 aromatic rings. The summed E-state index contributed by atoms with van der Waals surface area (Å²) >= 11 is 18.2. The lowest BCUT2D eigenvalue weighted by molar-refractivity contribution is -0.117. The Morgan fingerprint density at radius 3 is 2.30 bits per heavy atom. The van der Waals surface area contributed by atoms with Gasteiger partial charge in [0.05, 0.1) is 5.02 Å². The van der Waals surface area contributed by atoms with Gasteiger partial charge in [0.15, 0.2) is 0 Å². The first-order valence-corrected chi connectivity index (χ1v) is 9.16. The molecule has 3 fully saturated rings. The molecule has 4 rings (SSSR count). The monoisotopic (exact) mass is 375 g/mol. The highest BCUT2D eigenvalue weighted by atomic mass is 35.5. The highest BCUT2D eigenvalue weighted by molar-refractivity contribution is 6.51. The maximum Gasteiger partial charge on any atom is 0.228 e. The van der Waals surface area contributed by atoms with Crippen LogP contribution in [-0.4, -0.2) is 10.2 Å². The summed E-state index contributed by atoms with van der Waals surface area (Å²) in [5.74, 6) is 1.11. The van der Waals surface area contributed by atoms with E-state index in [9.17, 15) is 9.18 Å². The van der Waals surface area contributed by atoms with Crippen molar-refractivity contribution in [2.24, 2.45) is 29.6 Å². The van der Waals surface area contributed by atoms with Gasteiger partial charge in [0.2, 0.25) is 5.91 Å². The van der Waals surface area contributed by atoms with E-state index < -0.39 is 10.2 Å². The average molecular weight is 377 g/mol. The van der Waals surface area contributed by atoms with Crippen LogP contribution in [0.15, 0.2) is 18.2 Å². The number of carbonyl (C=O) groups is 1. The van der Waals surface area contributed by atoms with E-state index in [1.54, 1.807) is 6.07 Å². The first kappa shape index (κ1) is 16.0. The van der Waals surface area contributed by atoms with Crippen molar-refractivity contribution in [1.82, 2.24) is 0 Å². The quantitative estimate of drug-likeness (QED) is 0.700. The van der Waals surface area contributed by atoms with E-state index in [1.165, 1.54) is 12.1 Å². The molecule has 23 heavy (non-hydrogen) atoms. The van der Waals surface area contributed by atoms with Gasteiger partial charge in [-0.15, -0.1) is 23.2 Å². The fourth-order valence-electron chi connectivity index (χ4n) is 4.41. The molecule has 6 heteroatoms. The van der Waals surface area contributed by atoms with Gasteiger partial charge < -0.3 is 5.32 Å². The molecular weight excluding hydrogens is 360 g/mol. The topological polar surface area (TPSA) is 29.1 Å². The van der Waals surface area contributed by atoms with Gasteiger partial charge >= 0.3 is 0 Å². The number of anilines is 1. The number of nitrogens with one attached hydrogen (secondary N) is 1. The van der Waals surface area contributed by atoms with Gasteiger partial charge in [-0.3, -0.25) is 4.79 Å². The molecule has 5 atom stereocenters. The number of hydrogen-bond acceptors (Lipinski definition) is 1. The van der Waals surface area contributed by atoms with Crippen LogP contribution in [0.1, 0.15) is 25.7 Å². The van der Waals surface area contributed by atoms with Crippen LogP contribution in [0.25, 0.3) is 0 Å². The van der Waals surface area contributed by atoms with Crippen molar-refractivity contribution in [3.63, 3.8) is 0 Å². The van der Waals surface area contributed by atoms with E-state index in [-0.39, 0.29) is 16.8 Å². The Kier molecular flexibility index (Phi) is 3.82. The molecule has 0 aliphatic heterocycles. The minimum Gasteiger partial charge on any atom is -0.326 e. The molecule has 1 amide bonds. The van der Waals surface area contributed by atoms with Crippen molar-refractivity contribution in [1.29, 1.82) is 0 Å². The van der Waals surface area contributed by atoms with Crippen molar-refractivity contribution in [3.8, 4) is 0 Å². The number of alkyl halides is 2. The van der Waals surface area contributed by atoms with Crippen LogP contribution in [0.2, 0.25) is 5.02 Å². The first-order valence-electron chi connectivity index (χ1n) is 8.03. The molecule has 0 saturated heterocycles. The number of rotatable bonds is 2. The molecule has 0 aromatic heterocycles. The van der Waals surface area contributed by atoms with Gasteiger partial charge in [-0.05, 0) is 67.6 Å². The van der Waals surface area contributed by atoms with E-state index in [1.807, 2.05) is 0 Å². The highest BCUT2D eigenvalue weighted by Crippen LogP contribution is 2.67. The minimum atomic E-state index is -0.532. The molecular formula is C17H17Cl3FNO. The summed E-state index contributed by atoms with van der Waals surface area (Å²) in [6, 6.07) is 4.34.